The van der Waals surface area contributed by atoms with Gasteiger partial charge in [-0.3, -0.25) is 4.79 Å². The molecule has 2 unspecified atom stereocenters. The highest BCUT2D eigenvalue weighted by molar-refractivity contribution is 5.91. The SMILES string of the molecule is CC1NCCCC1NC(=O)/C=C/c1ccc(F)cc1. The van der Waals surface area contributed by atoms with Crippen LogP contribution >= 0.6 is 0 Å². The van der Waals surface area contributed by atoms with Gasteiger partial charge in [-0.2, -0.15) is 0 Å². The number of carbonyl (C=O) groups excluding carboxylic acids is 1. The molecule has 19 heavy (non-hydrogen) atoms. The van der Waals surface area contributed by atoms with Gasteiger partial charge < -0.3 is 10.6 Å². The first-order valence-corrected chi connectivity index (χ1v) is 6.62. The average Bonchev–Trinajstić information content (AvgIpc) is 2.41. The predicted molar refractivity (Wildman–Crippen MR) is 74.1 cm³/mol. The van der Waals surface area contributed by atoms with E-state index in [0.717, 1.165) is 24.9 Å². The third-order valence-corrected chi connectivity index (χ3v) is 3.39. The molecular formula is C15H19FN2O. The molecule has 1 saturated heterocycles. The minimum Gasteiger partial charge on any atom is -0.348 e. The highest BCUT2D eigenvalue weighted by Gasteiger charge is 2.21. The Morgan fingerprint density at radius 2 is 2.16 bits per heavy atom. The number of rotatable bonds is 3. The standard InChI is InChI=1S/C15H19FN2O/c1-11-14(3-2-10-17-11)18-15(19)9-6-12-4-7-13(16)8-5-12/h4-9,11,14,17H,2-3,10H2,1H3,(H,18,19)/b9-6+. The first kappa shape index (κ1) is 13.7. The Balaban J connectivity index is 1.88. The quantitative estimate of drug-likeness (QED) is 0.819. The van der Waals surface area contributed by atoms with Gasteiger partial charge in [0.1, 0.15) is 5.82 Å². The van der Waals surface area contributed by atoms with Gasteiger partial charge in [0.15, 0.2) is 0 Å². The molecule has 1 aliphatic heterocycles. The van der Waals surface area contributed by atoms with Crippen LogP contribution < -0.4 is 10.6 Å². The Hall–Kier alpha value is -1.68. The van der Waals surface area contributed by atoms with Crippen LogP contribution in [-0.2, 0) is 4.79 Å². The van der Waals surface area contributed by atoms with Crippen LogP contribution in [0, 0.1) is 5.82 Å². The van der Waals surface area contributed by atoms with Crippen LogP contribution in [0.4, 0.5) is 4.39 Å². The number of carbonyl (C=O) groups is 1. The van der Waals surface area contributed by atoms with E-state index in [1.54, 1.807) is 18.2 Å². The first-order valence-electron chi connectivity index (χ1n) is 6.62. The third-order valence-electron chi connectivity index (χ3n) is 3.39. The molecule has 102 valence electrons. The summed E-state index contributed by atoms with van der Waals surface area (Å²) in [7, 11) is 0. The summed E-state index contributed by atoms with van der Waals surface area (Å²) in [6.45, 7) is 3.09. The van der Waals surface area contributed by atoms with Crippen molar-refractivity contribution >= 4 is 12.0 Å². The van der Waals surface area contributed by atoms with Crippen molar-refractivity contribution in [2.24, 2.45) is 0 Å². The monoisotopic (exact) mass is 262 g/mol. The van der Waals surface area contributed by atoms with Crippen molar-refractivity contribution < 1.29 is 9.18 Å². The molecule has 0 radical (unpaired) electrons. The van der Waals surface area contributed by atoms with Crippen molar-refractivity contribution in [2.45, 2.75) is 31.8 Å². The summed E-state index contributed by atoms with van der Waals surface area (Å²) in [6, 6.07) is 6.53. The Bertz CT molecular complexity index is 456. The molecular weight excluding hydrogens is 243 g/mol. The molecule has 1 aliphatic rings. The van der Waals surface area contributed by atoms with Crippen LogP contribution in [0.25, 0.3) is 6.08 Å². The summed E-state index contributed by atoms with van der Waals surface area (Å²) in [6.07, 6.45) is 5.27. The van der Waals surface area contributed by atoms with E-state index in [4.69, 9.17) is 0 Å². The molecule has 1 aromatic rings. The number of hydrogen-bond donors (Lipinski definition) is 2. The third kappa shape index (κ3) is 4.17. The number of piperidine rings is 1. The lowest BCUT2D eigenvalue weighted by Gasteiger charge is -2.30. The summed E-state index contributed by atoms with van der Waals surface area (Å²) >= 11 is 0. The minimum atomic E-state index is -0.274. The molecule has 1 amide bonds. The second-order valence-electron chi connectivity index (χ2n) is 4.88. The van der Waals surface area contributed by atoms with Gasteiger partial charge in [-0.1, -0.05) is 12.1 Å². The molecule has 2 N–H and O–H groups in total. The maximum Gasteiger partial charge on any atom is 0.244 e. The van der Waals surface area contributed by atoms with Crippen molar-refractivity contribution in [1.82, 2.24) is 10.6 Å². The van der Waals surface area contributed by atoms with Gasteiger partial charge in [-0.25, -0.2) is 4.39 Å². The van der Waals surface area contributed by atoms with Crippen molar-refractivity contribution in [3.05, 3.63) is 41.7 Å². The van der Waals surface area contributed by atoms with Gasteiger partial charge >= 0.3 is 0 Å². The fourth-order valence-corrected chi connectivity index (χ4v) is 2.22. The van der Waals surface area contributed by atoms with E-state index in [0.29, 0.717) is 6.04 Å². The van der Waals surface area contributed by atoms with Crippen LogP contribution in [-0.4, -0.2) is 24.5 Å². The molecule has 1 heterocycles. The van der Waals surface area contributed by atoms with Crippen molar-refractivity contribution in [3.8, 4) is 0 Å². The van der Waals surface area contributed by atoms with Crippen LogP contribution in [0.1, 0.15) is 25.3 Å². The fourth-order valence-electron chi connectivity index (χ4n) is 2.22. The lowest BCUT2D eigenvalue weighted by atomic mass is 10.00. The van der Waals surface area contributed by atoms with Crippen molar-refractivity contribution in [3.63, 3.8) is 0 Å². The Morgan fingerprint density at radius 3 is 2.84 bits per heavy atom. The molecule has 0 aliphatic carbocycles. The zero-order valence-electron chi connectivity index (χ0n) is 11.0. The predicted octanol–water partition coefficient (Wildman–Crippen LogP) is 2.10. The summed E-state index contributed by atoms with van der Waals surface area (Å²) in [5.74, 6) is -0.381. The number of hydrogen-bond acceptors (Lipinski definition) is 2. The molecule has 0 bridgehead atoms. The lowest BCUT2D eigenvalue weighted by molar-refractivity contribution is -0.117. The van der Waals surface area contributed by atoms with E-state index in [2.05, 4.69) is 17.6 Å². The molecule has 2 atom stereocenters. The van der Waals surface area contributed by atoms with E-state index < -0.39 is 0 Å². The minimum absolute atomic E-state index is 0.107. The van der Waals surface area contributed by atoms with Crippen molar-refractivity contribution in [1.29, 1.82) is 0 Å². The molecule has 4 heteroatoms. The highest BCUT2D eigenvalue weighted by atomic mass is 19.1. The molecule has 0 aromatic heterocycles. The topological polar surface area (TPSA) is 41.1 Å². The Kier molecular flexibility index (Phi) is 4.68. The second kappa shape index (κ2) is 6.48. The Morgan fingerprint density at radius 1 is 1.42 bits per heavy atom. The number of benzene rings is 1. The molecule has 1 fully saturated rings. The normalized spacial score (nSPS) is 23.5. The van der Waals surface area contributed by atoms with Crippen molar-refractivity contribution in [2.75, 3.05) is 6.54 Å². The number of halogens is 1. The van der Waals surface area contributed by atoms with Gasteiger partial charge in [0.2, 0.25) is 5.91 Å². The van der Waals surface area contributed by atoms with Crippen LogP contribution in [0.15, 0.2) is 30.3 Å². The highest BCUT2D eigenvalue weighted by Crippen LogP contribution is 2.08. The van der Waals surface area contributed by atoms with E-state index >= 15 is 0 Å². The van der Waals surface area contributed by atoms with Gasteiger partial charge in [-0.15, -0.1) is 0 Å². The van der Waals surface area contributed by atoms with Gasteiger partial charge in [0.25, 0.3) is 0 Å². The summed E-state index contributed by atoms with van der Waals surface area (Å²) < 4.78 is 12.7. The molecule has 0 saturated carbocycles. The van der Waals surface area contributed by atoms with E-state index in [9.17, 15) is 9.18 Å². The number of amides is 1. The molecule has 3 nitrogen and oxygen atoms in total. The van der Waals surface area contributed by atoms with E-state index in [1.807, 2.05) is 0 Å². The summed E-state index contributed by atoms with van der Waals surface area (Å²) in [4.78, 5) is 11.8. The summed E-state index contributed by atoms with van der Waals surface area (Å²) in [5, 5.41) is 6.32. The van der Waals surface area contributed by atoms with Crippen LogP contribution in [0.2, 0.25) is 0 Å². The zero-order chi connectivity index (χ0) is 13.7. The largest absolute Gasteiger partial charge is 0.348 e. The van der Waals surface area contributed by atoms with Crippen LogP contribution in [0.3, 0.4) is 0 Å². The summed E-state index contributed by atoms with van der Waals surface area (Å²) in [5.41, 5.74) is 0.811. The maximum atomic E-state index is 12.7. The van der Waals surface area contributed by atoms with Gasteiger partial charge in [0.05, 0.1) is 0 Å². The molecule has 1 aromatic carbocycles. The smallest absolute Gasteiger partial charge is 0.244 e. The van der Waals surface area contributed by atoms with E-state index in [-0.39, 0.29) is 17.8 Å². The van der Waals surface area contributed by atoms with Gasteiger partial charge in [0, 0.05) is 18.2 Å². The molecule has 2 rings (SSSR count). The van der Waals surface area contributed by atoms with Gasteiger partial charge in [-0.05, 0) is 50.1 Å². The first-order chi connectivity index (χ1) is 9.15. The van der Waals surface area contributed by atoms with E-state index in [1.165, 1.54) is 18.2 Å². The maximum absolute atomic E-state index is 12.7. The Labute approximate surface area is 112 Å². The lowest BCUT2D eigenvalue weighted by Crippen LogP contribution is -2.51. The van der Waals surface area contributed by atoms with Crippen LogP contribution in [0.5, 0.6) is 0 Å². The number of nitrogens with one attached hydrogen (secondary N) is 2. The molecule has 0 spiro atoms. The zero-order valence-corrected chi connectivity index (χ0v) is 11.0. The fraction of sp³-hybridized carbons (Fsp3) is 0.400. The second-order valence-corrected chi connectivity index (χ2v) is 4.88. The average molecular weight is 262 g/mol.